The number of aliphatic hydroxyl groups is 1. The molecule has 1 aromatic rings. The maximum Gasteiger partial charge on any atom is 0.127 e. The van der Waals surface area contributed by atoms with Crippen molar-refractivity contribution in [1.29, 1.82) is 0 Å². The molecule has 0 spiro atoms. The lowest BCUT2D eigenvalue weighted by Crippen LogP contribution is -2.47. The van der Waals surface area contributed by atoms with Crippen molar-refractivity contribution < 1.29 is 10.2 Å². The molecule has 0 saturated heterocycles. The fraction of sp³-hybridized carbons (Fsp3) is 0.643. The third kappa shape index (κ3) is 4.07. The van der Waals surface area contributed by atoms with Gasteiger partial charge in [-0.15, -0.1) is 0 Å². The maximum absolute atomic E-state index is 11.5. The number of benzene rings is 1. The Bertz CT molecular complexity index is 855. The lowest BCUT2D eigenvalue weighted by Gasteiger charge is -2.55. The van der Waals surface area contributed by atoms with Gasteiger partial charge in [0, 0.05) is 16.6 Å². The zero-order chi connectivity index (χ0) is 23.5. The van der Waals surface area contributed by atoms with Crippen molar-refractivity contribution in [3.05, 3.63) is 46.7 Å². The number of hydrogen-bond acceptors (Lipinski definition) is 2. The second-order valence-corrected chi connectivity index (χ2v) is 13.2. The van der Waals surface area contributed by atoms with E-state index in [0.717, 1.165) is 28.7 Å². The fourth-order valence-corrected chi connectivity index (χ4v) is 5.17. The van der Waals surface area contributed by atoms with Crippen LogP contribution in [0.4, 0.5) is 0 Å². The normalized spacial score (nSPS) is 18.5. The topological polar surface area (TPSA) is 40.5 Å². The van der Waals surface area contributed by atoms with Crippen LogP contribution in [0.25, 0.3) is 5.57 Å². The summed E-state index contributed by atoms with van der Waals surface area (Å²) in [4.78, 5) is 0. The molecule has 0 atom stereocenters. The molecule has 30 heavy (non-hydrogen) atoms. The number of hydrogen-bond donors (Lipinski definition) is 2. The molecule has 2 rings (SSSR count). The van der Waals surface area contributed by atoms with Crippen molar-refractivity contribution in [2.45, 2.75) is 94.9 Å². The monoisotopic (exact) mass is 412 g/mol. The molecule has 168 valence electrons. The van der Waals surface area contributed by atoms with Gasteiger partial charge in [0.15, 0.2) is 0 Å². The predicted molar refractivity (Wildman–Crippen MR) is 130 cm³/mol. The molecular formula is C28H44O2. The van der Waals surface area contributed by atoms with Crippen LogP contribution in [0.5, 0.6) is 5.75 Å². The minimum Gasteiger partial charge on any atom is -0.507 e. The fourth-order valence-electron chi connectivity index (χ4n) is 5.17. The number of rotatable bonds is 1. The van der Waals surface area contributed by atoms with E-state index in [1.54, 1.807) is 0 Å². The van der Waals surface area contributed by atoms with Crippen LogP contribution < -0.4 is 0 Å². The summed E-state index contributed by atoms with van der Waals surface area (Å²) in [5.41, 5.74) is 2.82. The third-order valence-corrected chi connectivity index (χ3v) is 7.10. The molecule has 0 saturated carbocycles. The minimum absolute atomic E-state index is 0.0367. The summed E-state index contributed by atoms with van der Waals surface area (Å²) in [5.74, 6) is 0.600. The highest BCUT2D eigenvalue weighted by Gasteiger charge is 2.52. The molecular weight excluding hydrogens is 368 g/mol. The van der Waals surface area contributed by atoms with Gasteiger partial charge in [0.25, 0.3) is 0 Å². The van der Waals surface area contributed by atoms with Crippen LogP contribution in [0.1, 0.15) is 101 Å². The third-order valence-electron chi connectivity index (χ3n) is 7.10. The minimum atomic E-state index is -0.188. The first-order chi connectivity index (χ1) is 13.2. The van der Waals surface area contributed by atoms with Crippen LogP contribution in [0.2, 0.25) is 0 Å². The van der Waals surface area contributed by atoms with Gasteiger partial charge in [-0.1, -0.05) is 107 Å². The number of phenols is 1. The summed E-state index contributed by atoms with van der Waals surface area (Å²) in [5, 5.41) is 22.8. The quantitative estimate of drug-likeness (QED) is 0.486. The first-order valence-electron chi connectivity index (χ1n) is 11.2. The van der Waals surface area contributed by atoms with Gasteiger partial charge in [0.2, 0.25) is 0 Å². The Hall–Kier alpha value is -1.70. The summed E-state index contributed by atoms with van der Waals surface area (Å²) in [6.45, 7) is 26.6. The summed E-state index contributed by atoms with van der Waals surface area (Å²) in [7, 11) is 0. The smallest absolute Gasteiger partial charge is 0.127 e. The molecule has 0 bridgehead atoms. The van der Waals surface area contributed by atoms with Crippen LogP contribution in [0.15, 0.2) is 35.6 Å². The first kappa shape index (κ1) is 24.6. The maximum atomic E-state index is 11.5. The molecule has 1 aliphatic rings. The van der Waals surface area contributed by atoms with Crippen molar-refractivity contribution in [3.8, 4) is 5.75 Å². The summed E-state index contributed by atoms with van der Waals surface area (Å²) in [6.07, 6.45) is 3.07. The van der Waals surface area contributed by atoms with E-state index in [-0.39, 0.29) is 32.8 Å². The van der Waals surface area contributed by atoms with Crippen LogP contribution in [0.3, 0.4) is 0 Å². The molecule has 0 fully saturated rings. The van der Waals surface area contributed by atoms with Gasteiger partial charge in [0.05, 0.1) is 0 Å². The van der Waals surface area contributed by atoms with Gasteiger partial charge in [0.1, 0.15) is 11.5 Å². The Balaban J connectivity index is 2.97. The highest BCUT2D eigenvalue weighted by molar-refractivity contribution is 5.83. The van der Waals surface area contributed by atoms with Gasteiger partial charge in [-0.3, -0.25) is 0 Å². The number of aromatic hydroxyl groups is 1. The van der Waals surface area contributed by atoms with Gasteiger partial charge in [-0.25, -0.2) is 0 Å². The van der Waals surface area contributed by atoms with E-state index in [0.29, 0.717) is 5.76 Å². The van der Waals surface area contributed by atoms with Crippen molar-refractivity contribution in [2.75, 3.05) is 0 Å². The number of para-hydroxylation sites is 1. The van der Waals surface area contributed by atoms with E-state index in [1.165, 1.54) is 0 Å². The molecule has 0 unspecified atom stereocenters. The van der Waals surface area contributed by atoms with E-state index in [1.807, 2.05) is 18.2 Å². The van der Waals surface area contributed by atoms with E-state index in [9.17, 15) is 10.2 Å². The number of aliphatic hydroxyl groups excluding tert-OH is 1. The highest BCUT2D eigenvalue weighted by atomic mass is 16.3. The van der Waals surface area contributed by atoms with E-state index < -0.39 is 0 Å². The van der Waals surface area contributed by atoms with Gasteiger partial charge < -0.3 is 10.2 Å². The van der Waals surface area contributed by atoms with E-state index >= 15 is 0 Å². The highest BCUT2D eigenvalue weighted by Crippen LogP contribution is 2.62. The van der Waals surface area contributed by atoms with Crippen molar-refractivity contribution in [1.82, 2.24) is 0 Å². The average molecular weight is 413 g/mol. The Kier molecular flexibility index (Phi) is 5.88. The second-order valence-electron chi connectivity index (χ2n) is 13.2. The summed E-state index contributed by atoms with van der Waals surface area (Å²) in [6, 6.07) is 5.91. The van der Waals surface area contributed by atoms with Crippen molar-refractivity contribution in [3.63, 3.8) is 0 Å². The van der Waals surface area contributed by atoms with Gasteiger partial charge in [-0.05, 0) is 39.2 Å². The predicted octanol–water partition coefficient (Wildman–Crippen LogP) is 8.41. The molecule has 0 amide bonds. The molecule has 0 heterocycles. The molecule has 1 aliphatic carbocycles. The molecule has 1 aromatic carbocycles. The summed E-state index contributed by atoms with van der Waals surface area (Å²) < 4.78 is 0. The molecule has 2 nitrogen and oxygen atoms in total. The molecule has 2 N–H and O–H groups in total. The number of allylic oxidation sites excluding steroid dienone is 3. The van der Waals surface area contributed by atoms with Crippen LogP contribution in [0, 0.1) is 21.7 Å². The Morgan fingerprint density at radius 2 is 1.23 bits per heavy atom. The molecule has 0 aromatic heterocycles. The zero-order valence-corrected chi connectivity index (χ0v) is 21.4. The Morgan fingerprint density at radius 1 is 0.733 bits per heavy atom. The van der Waals surface area contributed by atoms with Crippen LogP contribution in [-0.2, 0) is 5.41 Å². The Labute approximate surface area is 185 Å². The zero-order valence-electron chi connectivity index (χ0n) is 21.4. The van der Waals surface area contributed by atoms with Crippen molar-refractivity contribution >= 4 is 5.57 Å². The number of phenolic OH excluding ortho intramolecular Hbond substituents is 1. The van der Waals surface area contributed by atoms with E-state index in [4.69, 9.17) is 0 Å². The average Bonchev–Trinajstić information content (AvgIpc) is 2.51. The lowest BCUT2D eigenvalue weighted by molar-refractivity contribution is 0.0111. The van der Waals surface area contributed by atoms with Crippen LogP contribution in [-0.4, -0.2) is 10.2 Å². The van der Waals surface area contributed by atoms with Gasteiger partial charge in [-0.2, -0.15) is 0 Å². The molecule has 2 heteroatoms. The largest absolute Gasteiger partial charge is 0.507 e. The lowest BCUT2D eigenvalue weighted by atomic mass is 9.49. The molecule has 0 radical (unpaired) electrons. The van der Waals surface area contributed by atoms with Crippen molar-refractivity contribution in [2.24, 2.45) is 21.7 Å². The van der Waals surface area contributed by atoms with E-state index in [2.05, 4.69) is 89.2 Å². The standard InChI is InChI=1S/C28H44O2/c1-24(2,3)20-15-13-14-18(22(20)29)19-16-28(26(7,8)9,27(10,11)12)17-21(23(19)30)25(4,5)6/h13-16,29-30H,17H2,1-12H3. The summed E-state index contributed by atoms with van der Waals surface area (Å²) >= 11 is 0. The second kappa shape index (κ2) is 7.18. The Morgan fingerprint density at radius 3 is 1.63 bits per heavy atom. The van der Waals surface area contributed by atoms with Gasteiger partial charge >= 0.3 is 0 Å². The SMILES string of the molecule is CC(C)(C)C1=C(O)C(c2cccc(C(C)(C)C)c2O)=CC(C(C)(C)C)(C(C)(C)C)C1. The van der Waals surface area contributed by atoms with Crippen LogP contribution >= 0.6 is 0 Å². The first-order valence-corrected chi connectivity index (χ1v) is 11.2. The molecule has 0 aliphatic heterocycles.